The highest BCUT2D eigenvalue weighted by Gasteiger charge is 2.17. The van der Waals surface area contributed by atoms with E-state index in [0.717, 1.165) is 16.7 Å². The number of fused-ring (bicyclic) bond motifs is 13. The zero-order valence-corrected chi connectivity index (χ0v) is 24.5. The van der Waals surface area contributed by atoms with Crippen LogP contribution in [0.2, 0.25) is 0 Å². The maximum absolute atomic E-state index is 5.13. The van der Waals surface area contributed by atoms with E-state index < -0.39 is 0 Å². The molecule has 3 aromatic heterocycles. The van der Waals surface area contributed by atoms with Crippen molar-refractivity contribution in [1.29, 1.82) is 0 Å². The third-order valence-electron chi connectivity index (χ3n) is 9.17. The van der Waals surface area contributed by atoms with Gasteiger partial charge in [0.05, 0.1) is 11.0 Å². The monoisotopic (exact) mass is 576 g/mol. The van der Waals surface area contributed by atoms with E-state index in [2.05, 4.69) is 150 Å². The first-order chi connectivity index (χ1) is 21.8. The van der Waals surface area contributed by atoms with Gasteiger partial charge in [0.15, 0.2) is 0 Å². The van der Waals surface area contributed by atoms with Gasteiger partial charge in [0, 0.05) is 37.1 Å². The second kappa shape index (κ2) is 9.00. The topological polar surface area (TPSA) is 17.3 Å². The maximum atomic E-state index is 5.13. The Hall–Kier alpha value is -5.51. The van der Waals surface area contributed by atoms with Crippen molar-refractivity contribution in [1.82, 2.24) is 9.38 Å². The minimum absolute atomic E-state index is 0.969. The molecule has 204 valence electrons. The average molecular weight is 577 g/mol. The summed E-state index contributed by atoms with van der Waals surface area (Å²) in [7, 11) is 0. The van der Waals surface area contributed by atoms with Gasteiger partial charge in [-0.2, -0.15) is 0 Å². The van der Waals surface area contributed by atoms with Crippen LogP contribution >= 0.6 is 11.3 Å². The third-order valence-corrected chi connectivity index (χ3v) is 10.3. The van der Waals surface area contributed by atoms with Crippen LogP contribution < -0.4 is 0 Å². The number of thiophene rings is 1. The highest BCUT2D eigenvalue weighted by Crippen LogP contribution is 2.41. The van der Waals surface area contributed by atoms with E-state index in [4.69, 9.17) is 4.98 Å². The molecule has 10 aromatic rings. The fraction of sp³-hybridized carbons (Fsp3) is 0. The lowest BCUT2D eigenvalue weighted by Gasteiger charge is -2.13. The number of nitrogens with zero attached hydrogens (tertiary/aromatic N) is 2. The molecule has 2 nitrogen and oxygen atoms in total. The summed E-state index contributed by atoms with van der Waals surface area (Å²) in [5.74, 6) is 0. The Morgan fingerprint density at radius 2 is 1.16 bits per heavy atom. The highest BCUT2D eigenvalue weighted by atomic mass is 32.1. The standard InChI is InChI=1S/C41H24N2S/c1-2-11-30-25(8-1)15-20-34-39(30)35-23-28(17-19-33(35)41-40(34)42-38-14-5-6-21-43(38)41)26-9-7-10-27(22-26)29-16-18-32-31-12-3-4-13-36(31)44-37(32)24-29/h1-24H. The third kappa shape index (κ3) is 3.39. The molecule has 0 bridgehead atoms. The van der Waals surface area contributed by atoms with E-state index >= 15 is 0 Å². The van der Waals surface area contributed by atoms with Gasteiger partial charge in [0.25, 0.3) is 0 Å². The number of hydrogen-bond donors (Lipinski definition) is 0. The number of aromatic nitrogens is 2. The van der Waals surface area contributed by atoms with Crippen LogP contribution in [-0.4, -0.2) is 9.38 Å². The van der Waals surface area contributed by atoms with Crippen molar-refractivity contribution < 1.29 is 0 Å². The van der Waals surface area contributed by atoms with Gasteiger partial charge in [-0.15, -0.1) is 11.3 Å². The van der Waals surface area contributed by atoms with Crippen LogP contribution in [0.15, 0.2) is 146 Å². The smallest absolute Gasteiger partial charge is 0.137 e. The lowest BCUT2D eigenvalue weighted by atomic mass is 9.92. The van der Waals surface area contributed by atoms with Crippen LogP contribution in [0.5, 0.6) is 0 Å². The summed E-state index contributed by atoms with van der Waals surface area (Å²) >= 11 is 1.87. The number of imidazole rings is 1. The molecule has 0 spiro atoms. The second-order valence-corrected chi connectivity index (χ2v) is 12.7. The summed E-state index contributed by atoms with van der Waals surface area (Å²) in [6.07, 6.45) is 2.13. The van der Waals surface area contributed by atoms with Gasteiger partial charge in [-0.3, -0.25) is 4.40 Å². The molecule has 0 N–H and O–H groups in total. The summed E-state index contributed by atoms with van der Waals surface area (Å²) < 4.78 is 4.90. The van der Waals surface area contributed by atoms with Crippen molar-refractivity contribution in [3.05, 3.63) is 146 Å². The zero-order chi connectivity index (χ0) is 28.8. The summed E-state index contributed by atoms with van der Waals surface area (Å²) in [6.45, 7) is 0. The SMILES string of the molecule is c1cc(-c2ccc3c(c2)sc2ccccc23)cc(-c2ccc3c(c2)c2c4ccccc4ccc2c2nc4ccccn4c32)c1. The van der Waals surface area contributed by atoms with Crippen molar-refractivity contribution in [2.24, 2.45) is 0 Å². The molecule has 0 fully saturated rings. The van der Waals surface area contributed by atoms with E-state index in [1.807, 2.05) is 11.3 Å². The fourth-order valence-electron chi connectivity index (χ4n) is 7.12. The van der Waals surface area contributed by atoms with Gasteiger partial charge in [-0.1, -0.05) is 103 Å². The minimum Gasteiger partial charge on any atom is -0.299 e. The Labute approximate surface area is 257 Å². The molecular weight excluding hydrogens is 553 g/mol. The quantitative estimate of drug-likeness (QED) is 0.187. The number of hydrogen-bond acceptors (Lipinski definition) is 2. The molecule has 0 amide bonds. The Balaban J connectivity index is 1.22. The number of pyridine rings is 1. The minimum atomic E-state index is 0.969. The first-order valence-corrected chi connectivity index (χ1v) is 15.8. The van der Waals surface area contributed by atoms with E-state index in [1.54, 1.807) is 0 Å². The van der Waals surface area contributed by atoms with Gasteiger partial charge < -0.3 is 0 Å². The summed E-state index contributed by atoms with van der Waals surface area (Å²) in [4.78, 5) is 5.13. The van der Waals surface area contributed by atoms with Crippen molar-refractivity contribution in [3.8, 4) is 22.3 Å². The zero-order valence-electron chi connectivity index (χ0n) is 23.7. The summed E-state index contributed by atoms with van der Waals surface area (Å²) in [5, 5.41) is 10.1. The Morgan fingerprint density at radius 3 is 2.07 bits per heavy atom. The Kier molecular flexibility index (Phi) is 4.90. The van der Waals surface area contributed by atoms with Crippen LogP contribution in [0, 0.1) is 0 Å². The average Bonchev–Trinajstić information content (AvgIpc) is 3.66. The van der Waals surface area contributed by atoms with E-state index in [9.17, 15) is 0 Å². The summed E-state index contributed by atoms with van der Waals surface area (Å²) in [6, 6.07) is 51.0. The molecule has 0 saturated heterocycles. The van der Waals surface area contributed by atoms with Gasteiger partial charge in [-0.25, -0.2) is 4.98 Å². The van der Waals surface area contributed by atoms with E-state index in [-0.39, 0.29) is 0 Å². The molecule has 44 heavy (non-hydrogen) atoms. The molecule has 7 aromatic carbocycles. The highest BCUT2D eigenvalue weighted by molar-refractivity contribution is 7.25. The maximum Gasteiger partial charge on any atom is 0.137 e. The molecule has 0 atom stereocenters. The molecule has 0 aliphatic rings. The molecule has 0 aliphatic heterocycles. The van der Waals surface area contributed by atoms with Crippen LogP contribution in [0.4, 0.5) is 0 Å². The fourth-order valence-corrected chi connectivity index (χ4v) is 8.27. The molecule has 3 heteroatoms. The van der Waals surface area contributed by atoms with Crippen LogP contribution in [-0.2, 0) is 0 Å². The first-order valence-electron chi connectivity index (χ1n) is 15.0. The predicted octanol–water partition coefficient (Wildman–Crippen LogP) is 11.6. The van der Waals surface area contributed by atoms with Gasteiger partial charge in [-0.05, 0) is 80.2 Å². The van der Waals surface area contributed by atoms with Gasteiger partial charge in [0.2, 0.25) is 0 Å². The van der Waals surface area contributed by atoms with Crippen molar-refractivity contribution in [2.75, 3.05) is 0 Å². The molecule has 10 rings (SSSR count). The van der Waals surface area contributed by atoms with Crippen molar-refractivity contribution in [2.45, 2.75) is 0 Å². The van der Waals surface area contributed by atoms with Gasteiger partial charge >= 0.3 is 0 Å². The molecule has 0 saturated carbocycles. The first kappa shape index (κ1) is 24.0. The van der Waals surface area contributed by atoms with E-state index in [0.29, 0.717) is 0 Å². The molecule has 0 unspecified atom stereocenters. The molecule has 0 aliphatic carbocycles. The Bertz CT molecular complexity index is 2780. The number of benzene rings is 7. The predicted molar refractivity (Wildman–Crippen MR) is 189 cm³/mol. The van der Waals surface area contributed by atoms with E-state index in [1.165, 1.54) is 74.7 Å². The lowest BCUT2D eigenvalue weighted by molar-refractivity contribution is 1.23. The van der Waals surface area contributed by atoms with Crippen LogP contribution in [0.1, 0.15) is 0 Å². The molecular formula is C41H24N2S. The van der Waals surface area contributed by atoms with Gasteiger partial charge in [0.1, 0.15) is 5.65 Å². The lowest BCUT2D eigenvalue weighted by Crippen LogP contribution is -1.88. The normalized spacial score (nSPS) is 12.1. The Morgan fingerprint density at radius 1 is 0.455 bits per heavy atom. The van der Waals surface area contributed by atoms with Crippen LogP contribution in [0.3, 0.4) is 0 Å². The largest absolute Gasteiger partial charge is 0.299 e. The molecule has 0 radical (unpaired) electrons. The van der Waals surface area contributed by atoms with Crippen molar-refractivity contribution >= 4 is 80.5 Å². The van der Waals surface area contributed by atoms with Crippen LogP contribution in [0.25, 0.3) is 91.4 Å². The molecule has 3 heterocycles. The van der Waals surface area contributed by atoms with Crippen molar-refractivity contribution in [3.63, 3.8) is 0 Å². The number of rotatable bonds is 2. The second-order valence-electron chi connectivity index (χ2n) is 11.6. The summed E-state index contributed by atoms with van der Waals surface area (Å²) in [5.41, 5.74) is 8.09.